The van der Waals surface area contributed by atoms with Gasteiger partial charge in [0.2, 0.25) is 0 Å². The molecule has 4 N–H and O–H groups in total. The highest BCUT2D eigenvalue weighted by Crippen LogP contribution is 2.44. The maximum atomic E-state index is 11.9. The number of H-pyrrole nitrogens is 1. The lowest BCUT2D eigenvalue weighted by Gasteiger charge is -2.44. The van der Waals surface area contributed by atoms with E-state index in [1.807, 2.05) is 6.08 Å². The number of carboxylic acid groups (broad SMARTS) is 1. The van der Waals surface area contributed by atoms with E-state index < -0.39 is 17.9 Å². The number of allylic oxidation sites excluding steroid dienone is 1. The third-order valence-electron chi connectivity index (χ3n) is 3.68. The van der Waals surface area contributed by atoms with Gasteiger partial charge in [0.15, 0.2) is 5.78 Å². The minimum Gasteiger partial charge on any atom is -0.478 e. The Kier molecular flexibility index (Phi) is 4.37. The summed E-state index contributed by atoms with van der Waals surface area (Å²) in [5, 5.41) is 20.2. The second-order valence-corrected chi connectivity index (χ2v) is 7.15. The lowest BCUT2D eigenvalue weighted by atomic mass is 9.72. The van der Waals surface area contributed by atoms with Crippen molar-refractivity contribution in [1.82, 2.24) is 15.4 Å². The molecule has 0 amide bonds. The van der Waals surface area contributed by atoms with E-state index in [2.05, 4.69) is 15.4 Å². The van der Waals surface area contributed by atoms with E-state index >= 15 is 0 Å². The van der Waals surface area contributed by atoms with Crippen LogP contribution in [0.25, 0.3) is 0 Å². The first-order valence-electron chi connectivity index (χ1n) is 6.62. The first-order chi connectivity index (χ1) is 10.6. The number of aliphatic carboxylic acids is 1. The molecule has 1 aromatic rings. The number of carbonyl (C=O) groups is 2. The molecule has 1 unspecified atom stereocenters. The van der Waals surface area contributed by atoms with Crippen LogP contribution in [0.2, 0.25) is 0 Å². The number of hydrogen-bond donors (Lipinski definition) is 3. The molecule has 1 aliphatic heterocycles. The predicted molar refractivity (Wildman–Crippen MR) is 83.6 cm³/mol. The average Bonchev–Trinajstić information content (AvgIpc) is 3.03. The summed E-state index contributed by atoms with van der Waals surface area (Å²) in [5.74, 6) is -0.546. The second-order valence-electron chi connectivity index (χ2n) is 4.95. The number of nitrogens with two attached hydrogens (primary N) is 1. The lowest BCUT2D eigenvalue weighted by molar-refractivity contribution is -0.138. The van der Waals surface area contributed by atoms with Crippen molar-refractivity contribution in [3.05, 3.63) is 29.5 Å². The van der Waals surface area contributed by atoms with Crippen molar-refractivity contribution in [2.75, 3.05) is 11.5 Å². The van der Waals surface area contributed by atoms with E-state index in [-0.39, 0.29) is 16.6 Å². The van der Waals surface area contributed by atoms with Gasteiger partial charge in [-0.15, -0.1) is 5.10 Å². The number of thioether (sulfide) groups is 2. The highest BCUT2D eigenvalue weighted by Gasteiger charge is 2.53. The van der Waals surface area contributed by atoms with Gasteiger partial charge in [0.1, 0.15) is 5.03 Å². The molecule has 1 fully saturated rings. The third kappa shape index (κ3) is 2.71. The maximum absolute atomic E-state index is 11.9. The highest BCUT2D eigenvalue weighted by molar-refractivity contribution is 8.00. The Morgan fingerprint density at radius 1 is 1.64 bits per heavy atom. The van der Waals surface area contributed by atoms with Crippen LogP contribution in [0, 0.1) is 5.92 Å². The summed E-state index contributed by atoms with van der Waals surface area (Å²) < 4.78 is 0. The van der Waals surface area contributed by atoms with Crippen LogP contribution in [0.15, 0.2) is 34.5 Å². The fourth-order valence-electron chi connectivity index (χ4n) is 2.58. The number of carboxylic acids is 1. The molecule has 2 aliphatic rings. The number of aromatic amines is 1. The Balaban J connectivity index is 1.72. The van der Waals surface area contributed by atoms with Crippen molar-refractivity contribution >= 4 is 35.3 Å². The van der Waals surface area contributed by atoms with Crippen LogP contribution in [0.1, 0.15) is 0 Å². The molecule has 2 heterocycles. The SMILES string of the molecule is N[C@@H]1C(=O)C2C(C(=O)O)=C(/C=C/CSc3cn[nH]n3)CS[C@@H]21. The molecule has 0 radical (unpaired) electrons. The topological polar surface area (TPSA) is 122 Å². The molecular formula is C13H14N4O3S2. The summed E-state index contributed by atoms with van der Waals surface area (Å²) in [6, 6.07) is -0.530. The van der Waals surface area contributed by atoms with Crippen molar-refractivity contribution in [3.8, 4) is 0 Å². The molecule has 116 valence electrons. The molecule has 7 nitrogen and oxygen atoms in total. The molecule has 0 bridgehead atoms. The Morgan fingerprint density at radius 3 is 3.14 bits per heavy atom. The van der Waals surface area contributed by atoms with Crippen LogP contribution in [-0.4, -0.2) is 55.1 Å². The fourth-order valence-corrected chi connectivity index (χ4v) is 4.61. The summed E-state index contributed by atoms with van der Waals surface area (Å²) in [6.45, 7) is 0. The van der Waals surface area contributed by atoms with Gasteiger partial charge in [-0.25, -0.2) is 4.79 Å². The van der Waals surface area contributed by atoms with Gasteiger partial charge in [-0.05, 0) is 5.57 Å². The van der Waals surface area contributed by atoms with Gasteiger partial charge < -0.3 is 10.8 Å². The molecule has 0 spiro atoms. The van der Waals surface area contributed by atoms with Crippen molar-refractivity contribution in [3.63, 3.8) is 0 Å². The fraction of sp³-hybridized carbons (Fsp3) is 0.385. The summed E-state index contributed by atoms with van der Waals surface area (Å²) in [7, 11) is 0. The van der Waals surface area contributed by atoms with E-state index in [1.165, 1.54) is 11.8 Å². The smallest absolute Gasteiger partial charge is 0.332 e. The number of aromatic nitrogens is 3. The van der Waals surface area contributed by atoms with Gasteiger partial charge in [0, 0.05) is 16.8 Å². The minimum atomic E-state index is -1.03. The van der Waals surface area contributed by atoms with Gasteiger partial charge in [0.25, 0.3) is 0 Å². The van der Waals surface area contributed by atoms with Crippen molar-refractivity contribution in [1.29, 1.82) is 0 Å². The molecule has 3 rings (SSSR count). The number of hydrogen-bond acceptors (Lipinski definition) is 7. The zero-order chi connectivity index (χ0) is 15.7. The largest absolute Gasteiger partial charge is 0.478 e. The van der Waals surface area contributed by atoms with E-state index in [4.69, 9.17) is 5.73 Å². The standard InChI is InChI=1S/C13H14N4O3S2/c14-10-11(18)9-8(13(19)20)6(5-22-12(9)10)2-1-3-21-7-4-15-17-16-7/h1-2,4,9-10,12H,3,5,14H2,(H,19,20)(H,15,16,17)/b2-1+/t9?,10-,12+/m1/s1. The molecule has 0 aromatic carbocycles. The van der Waals surface area contributed by atoms with Crippen LogP contribution < -0.4 is 5.73 Å². The second kappa shape index (κ2) is 6.27. The van der Waals surface area contributed by atoms with Crippen LogP contribution >= 0.6 is 23.5 Å². The first kappa shape index (κ1) is 15.3. The molecule has 1 saturated carbocycles. The monoisotopic (exact) mass is 338 g/mol. The van der Waals surface area contributed by atoms with Crippen LogP contribution in [0.3, 0.4) is 0 Å². The maximum Gasteiger partial charge on any atom is 0.332 e. The van der Waals surface area contributed by atoms with E-state index in [9.17, 15) is 14.7 Å². The number of rotatable bonds is 5. The lowest BCUT2D eigenvalue weighted by Crippen LogP contribution is -2.62. The predicted octanol–water partition coefficient (Wildman–Crippen LogP) is 0.476. The zero-order valence-corrected chi connectivity index (χ0v) is 13.1. The molecular weight excluding hydrogens is 324 g/mol. The first-order valence-corrected chi connectivity index (χ1v) is 8.65. The number of nitrogens with one attached hydrogen (secondary N) is 1. The zero-order valence-electron chi connectivity index (χ0n) is 11.4. The summed E-state index contributed by atoms with van der Waals surface area (Å²) in [4.78, 5) is 23.4. The quantitative estimate of drug-likeness (QED) is 0.663. The number of carbonyl (C=O) groups excluding carboxylic acids is 1. The summed E-state index contributed by atoms with van der Waals surface area (Å²) in [6.07, 6.45) is 5.29. The number of ketones is 1. The van der Waals surface area contributed by atoms with Crippen LogP contribution in [0.4, 0.5) is 0 Å². The molecule has 22 heavy (non-hydrogen) atoms. The molecule has 0 saturated heterocycles. The Morgan fingerprint density at radius 2 is 2.45 bits per heavy atom. The molecule has 1 aromatic heterocycles. The van der Waals surface area contributed by atoms with Gasteiger partial charge in [0.05, 0.1) is 23.7 Å². The van der Waals surface area contributed by atoms with Crippen LogP contribution in [0.5, 0.6) is 0 Å². The third-order valence-corrected chi connectivity index (χ3v) is 5.96. The van der Waals surface area contributed by atoms with Gasteiger partial charge in [-0.1, -0.05) is 23.9 Å². The van der Waals surface area contributed by atoms with E-state index in [0.29, 0.717) is 17.1 Å². The van der Waals surface area contributed by atoms with Gasteiger partial charge >= 0.3 is 5.97 Å². The number of nitrogens with zero attached hydrogens (tertiary/aromatic N) is 2. The molecule has 1 aliphatic carbocycles. The summed E-state index contributed by atoms with van der Waals surface area (Å²) in [5.41, 5.74) is 6.64. The number of Topliss-reactive ketones (excluding diaryl/α,β-unsaturated/α-hetero) is 1. The summed E-state index contributed by atoms with van der Waals surface area (Å²) >= 11 is 3.04. The molecule has 9 heteroatoms. The normalized spacial score (nSPS) is 27.9. The Hall–Kier alpha value is -1.58. The van der Waals surface area contributed by atoms with E-state index in [0.717, 1.165) is 5.03 Å². The van der Waals surface area contributed by atoms with Crippen molar-refractivity contribution in [2.24, 2.45) is 11.7 Å². The van der Waals surface area contributed by atoms with Crippen LogP contribution in [-0.2, 0) is 9.59 Å². The highest BCUT2D eigenvalue weighted by atomic mass is 32.2. The number of fused-ring (bicyclic) bond motifs is 1. The Bertz CT molecular complexity index is 656. The molecule has 3 atom stereocenters. The van der Waals surface area contributed by atoms with E-state index in [1.54, 1.807) is 24.0 Å². The van der Waals surface area contributed by atoms with Crippen molar-refractivity contribution < 1.29 is 14.7 Å². The van der Waals surface area contributed by atoms with Gasteiger partial charge in [-0.2, -0.15) is 22.1 Å². The minimum absolute atomic E-state index is 0.0970. The average molecular weight is 338 g/mol. The van der Waals surface area contributed by atoms with Crippen molar-refractivity contribution in [2.45, 2.75) is 16.3 Å². The Labute approximate surface area is 134 Å². The van der Waals surface area contributed by atoms with Gasteiger partial charge in [-0.3, -0.25) is 4.79 Å².